The van der Waals surface area contributed by atoms with Crippen molar-refractivity contribution in [3.63, 3.8) is 0 Å². The van der Waals surface area contributed by atoms with Gasteiger partial charge in [0.1, 0.15) is 6.61 Å². The molecule has 112 valence electrons. The summed E-state index contributed by atoms with van der Waals surface area (Å²) in [5.74, 6) is 0. The van der Waals surface area contributed by atoms with Gasteiger partial charge in [-0.2, -0.15) is 0 Å². The van der Waals surface area contributed by atoms with Crippen LogP contribution in [-0.2, 0) is 4.84 Å². The predicted molar refractivity (Wildman–Crippen MR) is 88.8 cm³/mol. The lowest BCUT2D eigenvalue weighted by Crippen LogP contribution is -2.14. The highest BCUT2D eigenvalue weighted by Gasteiger charge is 2.01. The van der Waals surface area contributed by atoms with E-state index in [0.29, 0.717) is 11.9 Å². The number of hydrogen-bond donors (Lipinski definition) is 0. The smallest absolute Gasteiger partial charge is 0.118 e. The molecule has 0 atom stereocenters. The predicted octanol–water partition coefficient (Wildman–Crippen LogP) is 3.88. The molecule has 0 spiro atoms. The van der Waals surface area contributed by atoms with E-state index in [0.717, 1.165) is 24.2 Å². The summed E-state index contributed by atoms with van der Waals surface area (Å²) in [4.78, 5) is 8.79. The molecule has 0 heterocycles. The molecule has 0 aliphatic heterocycles. The minimum absolute atomic E-state index is 0.607. The van der Waals surface area contributed by atoms with Crippen LogP contribution in [0.15, 0.2) is 34.3 Å². The van der Waals surface area contributed by atoms with E-state index >= 15 is 0 Å². The van der Waals surface area contributed by atoms with Crippen LogP contribution in [0.2, 0.25) is 0 Å². The van der Waals surface area contributed by atoms with E-state index in [4.69, 9.17) is 4.84 Å². The highest BCUT2D eigenvalue weighted by atomic mass is 32.2. The van der Waals surface area contributed by atoms with Gasteiger partial charge in [-0.05, 0) is 45.1 Å². The number of rotatable bonds is 8. The van der Waals surface area contributed by atoms with E-state index in [-0.39, 0.29) is 0 Å². The molecule has 0 aromatic heterocycles. The molecular formula is C16H26N2OS. The molecule has 0 bridgehead atoms. The van der Waals surface area contributed by atoms with Gasteiger partial charge in [-0.3, -0.25) is 0 Å². The van der Waals surface area contributed by atoms with Gasteiger partial charge in [-0.1, -0.05) is 31.1 Å². The highest BCUT2D eigenvalue weighted by Crippen LogP contribution is 2.23. The quantitative estimate of drug-likeness (QED) is 0.315. The van der Waals surface area contributed by atoms with Crippen molar-refractivity contribution in [2.24, 2.45) is 5.16 Å². The number of thioether (sulfide) groups is 1. The summed E-state index contributed by atoms with van der Waals surface area (Å²) in [6.07, 6.45) is 0.994. The first-order valence-corrected chi connectivity index (χ1v) is 7.95. The topological polar surface area (TPSA) is 24.8 Å². The van der Waals surface area contributed by atoms with Gasteiger partial charge in [-0.25, -0.2) is 0 Å². The van der Waals surface area contributed by atoms with E-state index in [2.05, 4.69) is 62.3 Å². The SMILES string of the molecule is CC(=NOCCCN(C)C)c1ccc(SC(C)C)cc1. The Hall–Kier alpha value is -1.00. The Morgan fingerprint density at radius 3 is 2.45 bits per heavy atom. The molecule has 0 saturated carbocycles. The van der Waals surface area contributed by atoms with Crippen molar-refractivity contribution in [2.45, 2.75) is 37.3 Å². The first kappa shape index (κ1) is 17.1. The second kappa shape index (κ2) is 9.03. The standard InChI is InChI=1S/C16H26N2OS/c1-13(2)20-16-9-7-15(8-10-16)14(3)17-19-12-6-11-18(4)5/h7-10,13H,6,11-12H2,1-5H3. The largest absolute Gasteiger partial charge is 0.396 e. The molecule has 1 rings (SSSR count). The third-order valence-corrected chi connectivity index (χ3v) is 3.70. The Balaban J connectivity index is 2.44. The minimum Gasteiger partial charge on any atom is -0.396 e. The molecule has 0 fully saturated rings. The van der Waals surface area contributed by atoms with Crippen LogP contribution < -0.4 is 0 Å². The molecule has 0 unspecified atom stereocenters. The van der Waals surface area contributed by atoms with Gasteiger partial charge in [-0.15, -0.1) is 11.8 Å². The third kappa shape index (κ3) is 6.96. The molecule has 0 amide bonds. The summed E-state index contributed by atoms with van der Waals surface area (Å²) in [7, 11) is 4.12. The van der Waals surface area contributed by atoms with Gasteiger partial charge < -0.3 is 9.74 Å². The van der Waals surface area contributed by atoms with Crippen LogP contribution in [0.4, 0.5) is 0 Å². The number of hydrogen-bond acceptors (Lipinski definition) is 4. The van der Waals surface area contributed by atoms with Crippen LogP contribution in [0.1, 0.15) is 32.8 Å². The van der Waals surface area contributed by atoms with Crippen molar-refractivity contribution in [3.05, 3.63) is 29.8 Å². The second-order valence-electron chi connectivity index (χ2n) is 5.36. The maximum Gasteiger partial charge on any atom is 0.118 e. The van der Waals surface area contributed by atoms with E-state index in [1.165, 1.54) is 4.90 Å². The second-order valence-corrected chi connectivity index (χ2v) is 7.01. The van der Waals surface area contributed by atoms with E-state index < -0.39 is 0 Å². The average Bonchev–Trinajstić information content (AvgIpc) is 2.38. The average molecular weight is 294 g/mol. The third-order valence-electron chi connectivity index (χ3n) is 2.69. The molecule has 0 aliphatic carbocycles. The Labute approximate surface area is 127 Å². The zero-order chi connectivity index (χ0) is 15.0. The Morgan fingerprint density at radius 2 is 1.90 bits per heavy atom. The molecule has 0 N–H and O–H groups in total. The Kier molecular flexibility index (Phi) is 7.70. The van der Waals surface area contributed by atoms with Crippen molar-refractivity contribution in [1.82, 2.24) is 4.90 Å². The van der Waals surface area contributed by atoms with Crippen molar-refractivity contribution >= 4 is 17.5 Å². The zero-order valence-electron chi connectivity index (χ0n) is 13.2. The summed E-state index contributed by atoms with van der Waals surface area (Å²) in [6.45, 7) is 8.07. The normalized spacial score (nSPS) is 12.2. The summed E-state index contributed by atoms with van der Waals surface area (Å²) in [6, 6.07) is 8.50. The summed E-state index contributed by atoms with van der Waals surface area (Å²) in [5, 5.41) is 4.78. The number of nitrogens with zero attached hydrogens (tertiary/aromatic N) is 2. The van der Waals surface area contributed by atoms with Crippen molar-refractivity contribution in [1.29, 1.82) is 0 Å². The van der Waals surface area contributed by atoms with Crippen LogP contribution in [0.3, 0.4) is 0 Å². The van der Waals surface area contributed by atoms with E-state index in [1.54, 1.807) is 0 Å². The maximum absolute atomic E-state index is 5.35. The monoisotopic (exact) mass is 294 g/mol. The van der Waals surface area contributed by atoms with Crippen LogP contribution in [0.5, 0.6) is 0 Å². The fraction of sp³-hybridized carbons (Fsp3) is 0.562. The Bertz CT molecular complexity index is 413. The van der Waals surface area contributed by atoms with Crippen LogP contribution in [0, 0.1) is 0 Å². The van der Waals surface area contributed by atoms with Crippen LogP contribution in [0.25, 0.3) is 0 Å². The van der Waals surface area contributed by atoms with Gasteiger partial charge in [0.05, 0.1) is 5.71 Å². The van der Waals surface area contributed by atoms with E-state index in [1.807, 2.05) is 18.7 Å². The first-order chi connectivity index (χ1) is 9.49. The lowest BCUT2D eigenvalue weighted by Gasteiger charge is -2.08. The molecule has 4 heteroatoms. The molecule has 3 nitrogen and oxygen atoms in total. The molecule has 0 radical (unpaired) electrons. The minimum atomic E-state index is 0.607. The van der Waals surface area contributed by atoms with Gasteiger partial charge in [0.25, 0.3) is 0 Å². The van der Waals surface area contributed by atoms with Crippen LogP contribution >= 0.6 is 11.8 Å². The van der Waals surface area contributed by atoms with Gasteiger partial charge in [0.15, 0.2) is 0 Å². The van der Waals surface area contributed by atoms with Gasteiger partial charge in [0, 0.05) is 16.7 Å². The van der Waals surface area contributed by atoms with Gasteiger partial charge >= 0.3 is 0 Å². The van der Waals surface area contributed by atoms with Crippen molar-refractivity contribution in [3.8, 4) is 0 Å². The molecule has 0 aliphatic rings. The summed E-state index contributed by atoms with van der Waals surface area (Å²) in [5.41, 5.74) is 2.04. The molecule has 0 saturated heterocycles. The molecular weight excluding hydrogens is 268 g/mol. The maximum atomic E-state index is 5.35. The number of oxime groups is 1. The lowest BCUT2D eigenvalue weighted by atomic mass is 10.1. The van der Waals surface area contributed by atoms with E-state index in [9.17, 15) is 0 Å². The lowest BCUT2D eigenvalue weighted by molar-refractivity contribution is 0.135. The van der Waals surface area contributed by atoms with Crippen molar-refractivity contribution in [2.75, 3.05) is 27.2 Å². The zero-order valence-corrected chi connectivity index (χ0v) is 14.0. The molecule has 1 aromatic rings. The summed E-state index contributed by atoms with van der Waals surface area (Å²) < 4.78 is 0. The fourth-order valence-corrected chi connectivity index (χ4v) is 2.52. The van der Waals surface area contributed by atoms with Crippen LogP contribution in [-0.4, -0.2) is 43.1 Å². The number of benzene rings is 1. The molecule has 20 heavy (non-hydrogen) atoms. The Morgan fingerprint density at radius 1 is 1.25 bits per heavy atom. The fourth-order valence-electron chi connectivity index (χ4n) is 1.69. The van der Waals surface area contributed by atoms with Gasteiger partial charge in [0.2, 0.25) is 0 Å². The van der Waals surface area contributed by atoms with Crippen molar-refractivity contribution < 1.29 is 4.84 Å². The first-order valence-electron chi connectivity index (χ1n) is 7.07. The highest BCUT2D eigenvalue weighted by molar-refractivity contribution is 7.99. The molecule has 1 aromatic carbocycles. The summed E-state index contributed by atoms with van der Waals surface area (Å²) >= 11 is 1.87.